The van der Waals surface area contributed by atoms with E-state index in [1.165, 1.54) is 7.11 Å². The Morgan fingerprint density at radius 1 is 1.14 bits per heavy atom. The van der Waals surface area contributed by atoms with Gasteiger partial charge in [0.25, 0.3) is 0 Å². The van der Waals surface area contributed by atoms with E-state index in [-0.39, 0.29) is 11.3 Å². The van der Waals surface area contributed by atoms with Crippen LogP contribution in [0, 0.1) is 0 Å². The normalized spacial score (nSPS) is 10.6. The third-order valence-corrected chi connectivity index (χ3v) is 3.09. The summed E-state index contributed by atoms with van der Waals surface area (Å²) in [6.07, 6.45) is 1.77. The minimum atomic E-state index is 0.0837. The van der Waals surface area contributed by atoms with Crippen LogP contribution in [-0.2, 0) is 6.54 Å². The zero-order valence-electron chi connectivity index (χ0n) is 11.2. The molecule has 6 nitrogen and oxygen atoms in total. The number of halogens is 1. The molecule has 0 spiro atoms. The molecule has 0 aliphatic heterocycles. The molecule has 0 bridgehead atoms. The molecule has 0 saturated heterocycles. The van der Waals surface area contributed by atoms with E-state index in [2.05, 4.69) is 25.3 Å². The Kier molecular flexibility index (Phi) is 3.79. The van der Waals surface area contributed by atoms with Crippen molar-refractivity contribution in [1.29, 1.82) is 0 Å². The molecule has 0 atom stereocenters. The quantitative estimate of drug-likeness (QED) is 0.799. The van der Waals surface area contributed by atoms with Crippen LogP contribution in [0.3, 0.4) is 0 Å². The molecule has 2 aromatic heterocycles. The van der Waals surface area contributed by atoms with Gasteiger partial charge in [-0.15, -0.1) is 0 Å². The summed E-state index contributed by atoms with van der Waals surface area (Å²) >= 11 is 5.81. The van der Waals surface area contributed by atoms with E-state index in [1.54, 1.807) is 6.20 Å². The number of aromatic nitrogens is 4. The first kappa shape index (κ1) is 13.5. The lowest BCUT2D eigenvalue weighted by Gasteiger charge is -2.08. The first-order chi connectivity index (χ1) is 10.3. The molecule has 0 saturated carbocycles. The first-order valence-electron chi connectivity index (χ1n) is 6.28. The van der Waals surface area contributed by atoms with Gasteiger partial charge in [0, 0.05) is 18.1 Å². The van der Waals surface area contributed by atoms with Gasteiger partial charge in [-0.25, -0.2) is 0 Å². The number of anilines is 1. The second-order valence-corrected chi connectivity index (χ2v) is 4.60. The number of para-hydroxylation sites is 1. The zero-order valence-corrected chi connectivity index (χ0v) is 12.0. The highest BCUT2D eigenvalue weighted by Crippen LogP contribution is 2.17. The number of fused-ring (bicyclic) bond motifs is 1. The predicted octanol–water partition coefficient (Wildman–Crippen LogP) is 2.69. The Balaban J connectivity index is 1.85. The fourth-order valence-corrected chi connectivity index (χ4v) is 2.14. The van der Waals surface area contributed by atoms with Gasteiger partial charge in [-0.05, 0) is 23.2 Å². The average Bonchev–Trinajstić information content (AvgIpc) is 2.52. The molecule has 0 aliphatic rings. The van der Waals surface area contributed by atoms with Crippen LogP contribution in [-0.4, -0.2) is 27.0 Å². The summed E-state index contributed by atoms with van der Waals surface area (Å²) in [5.41, 5.74) is 1.99. The van der Waals surface area contributed by atoms with Crippen LogP contribution in [0.1, 0.15) is 5.56 Å². The van der Waals surface area contributed by atoms with Crippen molar-refractivity contribution >= 4 is 28.5 Å². The molecule has 3 aromatic rings. The van der Waals surface area contributed by atoms with Gasteiger partial charge < -0.3 is 10.1 Å². The van der Waals surface area contributed by atoms with E-state index in [1.807, 2.05) is 30.3 Å². The maximum atomic E-state index is 5.81. The number of rotatable bonds is 4. The third kappa shape index (κ3) is 3.00. The van der Waals surface area contributed by atoms with E-state index in [9.17, 15) is 0 Å². The smallest absolute Gasteiger partial charge is 0.322 e. The van der Waals surface area contributed by atoms with Gasteiger partial charge in [-0.1, -0.05) is 24.3 Å². The third-order valence-electron chi connectivity index (χ3n) is 2.92. The lowest BCUT2D eigenvalue weighted by atomic mass is 10.1. The van der Waals surface area contributed by atoms with E-state index in [0.29, 0.717) is 12.5 Å². The molecule has 3 rings (SSSR count). The van der Waals surface area contributed by atoms with Crippen molar-refractivity contribution in [2.24, 2.45) is 0 Å². The molecule has 0 aliphatic carbocycles. The number of hydrogen-bond donors (Lipinski definition) is 1. The first-order valence-corrected chi connectivity index (χ1v) is 6.66. The molecule has 1 N–H and O–H groups in total. The summed E-state index contributed by atoms with van der Waals surface area (Å²) in [6, 6.07) is 10.1. The van der Waals surface area contributed by atoms with Crippen molar-refractivity contribution < 1.29 is 4.74 Å². The van der Waals surface area contributed by atoms with Crippen LogP contribution in [0.4, 0.5) is 5.95 Å². The topological polar surface area (TPSA) is 72.8 Å². The molecule has 0 unspecified atom stereocenters. The summed E-state index contributed by atoms with van der Waals surface area (Å²) in [5.74, 6) is 0.361. The molecule has 7 heteroatoms. The fourth-order valence-electron chi connectivity index (χ4n) is 1.99. The minimum absolute atomic E-state index is 0.0837. The molecule has 1 aromatic carbocycles. The standard InChI is InChI=1S/C14H12ClN5O/c1-21-14-19-12(15)18-13(20-14)17-8-10-5-2-4-9-6-3-7-16-11(9)10/h2-7H,8H2,1H3,(H,17,18,19,20). The Labute approximate surface area is 126 Å². The average molecular weight is 302 g/mol. The summed E-state index contributed by atoms with van der Waals surface area (Å²) in [7, 11) is 1.48. The Hall–Kier alpha value is -2.47. The molecule has 0 amide bonds. The Bertz CT molecular complexity index is 775. The summed E-state index contributed by atoms with van der Waals surface area (Å²) in [6.45, 7) is 0.526. The van der Waals surface area contributed by atoms with Gasteiger partial charge in [-0.3, -0.25) is 4.98 Å². The van der Waals surface area contributed by atoms with Gasteiger partial charge in [0.05, 0.1) is 12.6 Å². The monoisotopic (exact) mass is 301 g/mol. The minimum Gasteiger partial charge on any atom is -0.467 e. The van der Waals surface area contributed by atoms with Crippen molar-refractivity contribution in [3.8, 4) is 6.01 Å². The van der Waals surface area contributed by atoms with Gasteiger partial charge in [-0.2, -0.15) is 15.0 Å². The fraction of sp³-hybridized carbons (Fsp3) is 0.143. The number of nitrogens with one attached hydrogen (secondary N) is 1. The highest BCUT2D eigenvalue weighted by molar-refractivity contribution is 6.28. The second-order valence-electron chi connectivity index (χ2n) is 4.26. The van der Waals surface area contributed by atoms with E-state index >= 15 is 0 Å². The van der Waals surface area contributed by atoms with Crippen molar-refractivity contribution in [3.05, 3.63) is 47.4 Å². The second kappa shape index (κ2) is 5.88. The summed E-state index contributed by atoms with van der Waals surface area (Å²) < 4.78 is 4.96. The van der Waals surface area contributed by atoms with Crippen molar-refractivity contribution in [3.63, 3.8) is 0 Å². The molecule has 0 fully saturated rings. The van der Waals surface area contributed by atoms with Gasteiger partial charge in [0.2, 0.25) is 11.2 Å². The number of pyridine rings is 1. The van der Waals surface area contributed by atoms with Crippen LogP contribution in [0.15, 0.2) is 36.5 Å². The van der Waals surface area contributed by atoms with Crippen LogP contribution in [0.25, 0.3) is 10.9 Å². The largest absolute Gasteiger partial charge is 0.467 e. The lowest BCUT2D eigenvalue weighted by Crippen LogP contribution is -2.06. The Morgan fingerprint density at radius 2 is 2.00 bits per heavy atom. The van der Waals surface area contributed by atoms with Gasteiger partial charge >= 0.3 is 6.01 Å². The van der Waals surface area contributed by atoms with Crippen LogP contribution in [0.2, 0.25) is 5.28 Å². The number of hydrogen-bond acceptors (Lipinski definition) is 6. The summed E-state index contributed by atoms with van der Waals surface area (Å²) in [5, 5.41) is 4.27. The predicted molar refractivity (Wildman–Crippen MR) is 80.5 cm³/mol. The van der Waals surface area contributed by atoms with Crippen molar-refractivity contribution in [2.75, 3.05) is 12.4 Å². The van der Waals surface area contributed by atoms with Gasteiger partial charge in [0.1, 0.15) is 0 Å². The maximum Gasteiger partial charge on any atom is 0.322 e. The highest BCUT2D eigenvalue weighted by atomic mass is 35.5. The van der Waals surface area contributed by atoms with Crippen LogP contribution >= 0.6 is 11.6 Å². The summed E-state index contributed by atoms with van der Waals surface area (Å²) in [4.78, 5) is 16.3. The van der Waals surface area contributed by atoms with Gasteiger partial charge in [0.15, 0.2) is 0 Å². The number of nitrogens with zero attached hydrogens (tertiary/aromatic N) is 4. The van der Waals surface area contributed by atoms with Crippen LogP contribution in [0.5, 0.6) is 6.01 Å². The molecular formula is C14H12ClN5O. The number of ether oxygens (including phenoxy) is 1. The molecule has 21 heavy (non-hydrogen) atoms. The SMILES string of the molecule is COc1nc(Cl)nc(NCc2cccc3cccnc23)n1. The molecule has 2 heterocycles. The maximum absolute atomic E-state index is 5.81. The number of methoxy groups -OCH3 is 1. The van der Waals surface area contributed by atoms with Crippen molar-refractivity contribution in [2.45, 2.75) is 6.54 Å². The van der Waals surface area contributed by atoms with E-state index in [4.69, 9.17) is 16.3 Å². The van der Waals surface area contributed by atoms with Crippen molar-refractivity contribution in [1.82, 2.24) is 19.9 Å². The number of benzene rings is 1. The lowest BCUT2D eigenvalue weighted by molar-refractivity contribution is 0.379. The molecule has 0 radical (unpaired) electrons. The molecule has 106 valence electrons. The van der Waals surface area contributed by atoms with Crippen LogP contribution < -0.4 is 10.1 Å². The highest BCUT2D eigenvalue weighted by Gasteiger charge is 2.06. The Morgan fingerprint density at radius 3 is 2.86 bits per heavy atom. The van der Waals surface area contributed by atoms with E-state index < -0.39 is 0 Å². The van der Waals surface area contributed by atoms with E-state index in [0.717, 1.165) is 16.5 Å². The molecular weight excluding hydrogens is 290 g/mol. The zero-order chi connectivity index (χ0) is 14.7.